The van der Waals surface area contributed by atoms with Crippen LogP contribution in [0.2, 0.25) is 5.02 Å². The number of nitrogens with two attached hydrogens (primary N) is 1. The van der Waals surface area contributed by atoms with Gasteiger partial charge in [0, 0.05) is 35.6 Å². The summed E-state index contributed by atoms with van der Waals surface area (Å²) in [5, 5.41) is 7.18. The van der Waals surface area contributed by atoms with Gasteiger partial charge < -0.3 is 26.3 Å². The van der Waals surface area contributed by atoms with Crippen molar-refractivity contribution in [2.24, 2.45) is 5.73 Å². The highest BCUT2D eigenvalue weighted by molar-refractivity contribution is 6.30. The zero-order valence-corrected chi connectivity index (χ0v) is 19.8. The Hall–Kier alpha value is -2.87. The molecule has 4 rings (SSSR count). The molecule has 33 heavy (non-hydrogen) atoms. The minimum atomic E-state index is -0.323. The summed E-state index contributed by atoms with van der Waals surface area (Å²) in [6.07, 6.45) is 5.94. The molecule has 1 amide bonds. The van der Waals surface area contributed by atoms with E-state index in [1.807, 2.05) is 43.6 Å². The number of nitrogens with zero attached hydrogens (tertiary/aromatic N) is 2. The second-order valence-corrected chi connectivity index (χ2v) is 9.16. The highest BCUT2D eigenvalue weighted by Gasteiger charge is 2.19. The molecule has 5 N–H and O–H groups in total. The molecule has 1 fully saturated rings. The number of benzene rings is 1. The van der Waals surface area contributed by atoms with Crippen LogP contribution < -0.4 is 16.4 Å². The quantitative estimate of drug-likeness (QED) is 0.422. The van der Waals surface area contributed by atoms with Crippen molar-refractivity contribution in [3.63, 3.8) is 0 Å². The molecule has 0 radical (unpaired) electrons. The first-order valence-electron chi connectivity index (χ1n) is 11.3. The number of halogens is 1. The monoisotopic (exact) mass is 466 g/mol. The third kappa shape index (κ3) is 5.74. The lowest BCUT2D eigenvalue weighted by Crippen LogP contribution is -2.36. The number of anilines is 1. The molecular weight excluding hydrogens is 436 g/mol. The number of carbonyl (C=O) groups excluding carboxylic acids is 1. The Kier molecular flexibility index (Phi) is 7.33. The number of carbonyl (C=O) groups is 1. The summed E-state index contributed by atoms with van der Waals surface area (Å²) in [6.45, 7) is 4.48. The first-order chi connectivity index (χ1) is 15.9. The average Bonchev–Trinajstić information content (AvgIpc) is 3.30. The van der Waals surface area contributed by atoms with Crippen molar-refractivity contribution < 1.29 is 4.79 Å². The Morgan fingerprint density at radius 2 is 2.09 bits per heavy atom. The molecule has 1 aliphatic rings. The number of likely N-dealkylation sites (tertiary alicyclic amines) is 1. The second-order valence-electron chi connectivity index (χ2n) is 8.73. The highest BCUT2D eigenvalue weighted by Crippen LogP contribution is 2.27. The van der Waals surface area contributed by atoms with Gasteiger partial charge in [0.15, 0.2) is 0 Å². The van der Waals surface area contributed by atoms with Gasteiger partial charge in [0.25, 0.3) is 5.91 Å². The summed E-state index contributed by atoms with van der Waals surface area (Å²) in [4.78, 5) is 22.9. The number of aromatic nitrogens is 2. The van der Waals surface area contributed by atoms with Crippen LogP contribution in [0.4, 0.5) is 5.82 Å². The Labute approximate surface area is 199 Å². The first kappa shape index (κ1) is 23.3. The maximum absolute atomic E-state index is 12.9. The van der Waals surface area contributed by atoms with Crippen molar-refractivity contribution in [1.29, 1.82) is 0 Å². The van der Waals surface area contributed by atoms with E-state index in [4.69, 9.17) is 17.3 Å². The smallest absolute Gasteiger partial charge is 0.268 e. The summed E-state index contributed by atoms with van der Waals surface area (Å²) < 4.78 is 0. The van der Waals surface area contributed by atoms with E-state index in [9.17, 15) is 4.79 Å². The summed E-state index contributed by atoms with van der Waals surface area (Å²) in [6, 6.07) is 11.4. The minimum Gasteiger partial charge on any atom is -0.367 e. The molecule has 7 nitrogen and oxygen atoms in total. The lowest BCUT2D eigenvalue weighted by atomic mass is 10.0. The first-order valence-corrected chi connectivity index (χ1v) is 11.7. The van der Waals surface area contributed by atoms with Crippen LogP contribution in [-0.4, -0.2) is 53.5 Å². The lowest BCUT2D eigenvalue weighted by molar-refractivity contribution is 0.0933. The lowest BCUT2D eigenvalue weighted by Gasteiger charge is -2.29. The van der Waals surface area contributed by atoms with Gasteiger partial charge in [0.2, 0.25) is 0 Å². The van der Waals surface area contributed by atoms with Gasteiger partial charge in [-0.2, -0.15) is 0 Å². The number of aryl methyl sites for hydroxylation is 1. The molecule has 0 saturated carbocycles. The Balaban J connectivity index is 1.47. The second kappa shape index (κ2) is 10.4. The number of amides is 1. The molecular formula is C25H31ClN6O. The van der Waals surface area contributed by atoms with Gasteiger partial charge >= 0.3 is 0 Å². The van der Waals surface area contributed by atoms with Crippen molar-refractivity contribution in [1.82, 2.24) is 20.2 Å². The number of hydrogen-bond acceptors (Lipinski definition) is 5. The Morgan fingerprint density at radius 3 is 2.82 bits per heavy atom. The van der Waals surface area contributed by atoms with Crippen molar-refractivity contribution in [2.75, 3.05) is 32.0 Å². The summed E-state index contributed by atoms with van der Waals surface area (Å²) >= 11 is 6.09. The fraction of sp³-hybridized carbons (Fsp3) is 0.360. The van der Waals surface area contributed by atoms with Crippen molar-refractivity contribution >= 4 is 23.3 Å². The van der Waals surface area contributed by atoms with Crippen molar-refractivity contribution in [3.8, 4) is 11.1 Å². The van der Waals surface area contributed by atoms with E-state index in [1.165, 1.54) is 0 Å². The maximum Gasteiger partial charge on any atom is 0.268 e. The largest absolute Gasteiger partial charge is 0.367 e. The van der Waals surface area contributed by atoms with E-state index in [2.05, 4.69) is 38.6 Å². The molecule has 1 aliphatic heterocycles. The predicted molar refractivity (Wildman–Crippen MR) is 134 cm³/mol. The molecule has 0 unspecified atom stereocenters. The molecule has 8 heteroatoms. The molecule has 1 aromatic carbocycles. The van der Waals surface area contributed by atoms with Gasteiger partial charge in [0.05, 0.1) is 6.04 Å². The number of H-pyrrole nitrogens is 1. The van der Waals surface area contributed by atoms with Gasteiger partial charge in [0.1, 0.15) is 11.5 Å². The van der Waals surface area contributed by atoms with Crippen LogP contribution in [0.15, 0.2) is 48.8 Å². The fourth-order valence-corrected chi connectivity index (χ4v) is 4.39. The highest BCUT2D eigenvalue weighted by atomic mass is 35.5. The average molecular weight is 467 g/mol. The molecule has 3 aromatic rings. The predicted octanol–water partition coefficient (Wildman–Crippen LogP) is 3.97. The van der Waals surface area contributed by atoms with Gasteiger partial charge in [-0.15, -0.1) is 0 Å². The van der Waals surface area contributed by atoms with E-state index in [-0.39, 0.29) is 18.5 Å². The normalized spacial score (nSPS) is 15.9. The SMILES string of the molecule is Cc1cnc(NC2CCN(C)CC2)cc1-c1c[nH]c(C(=O)N[C@H](CN)c2cccc(Cl)c2)c1. The van der Waals surface area contributed by atoms with Crippen molar-refractivity contribution in [2.45, 2.75) is 31.8 Å². The molecule has 0 aliphatic carbocycles. The number of rotatable bonds is 7. The van der Waals surface area contributed by atoms with Gasteiger partial charge in [-0.05, 0) is 80.9 Å². The number of aromatic amines is 1. The van der Waals surface area contributed by atoms with E-state index in [1.54, 1.807) is 6.07 Å². The summed E-state index contributed by atoms with van der Waals surface area (Å²) in [5.41, 5.74) is 10.3. The Bertz CT molecular complexity index is 1110. The molecule has 174 valence electrons. The van der Waals surface area contributed by atoms with E-state index >= 15 is 0 Å². The molecule has 0 bridgehead atoms. The number of pyridine rings is 1. The van der Waals surface area contributed by atoms with Crippen LogP contribution >= 0.6 is 11.6 Å². The molecule has 1 atom stereocenters. The molecule has 2 aromatic heterocycles. The zero-order valence-electron chi connectivity index (χ0n) is 19.1. The van der Waals surface area contributed by atoms with Crippen LogP contribution in [0.25, 0.3) is 11.1 Å². The van der Waals surface area contributed by atoms with Crippen LogP contribution in [0.1, 0.15) is 40.5 Å². The third-order valence-corrected chi connectivity index (χ3v) is 6.44. The molecule has 0 spiro atoms. The number of hydrogen-bond donors (Lipinski definition) is 4. The van der Waals surface area contributed by atoms with E-state index in [0.29, 0.717) is 16.8 Å². The van der Waals surface area contributed by atoms with E-state index in [0.717, 1.165) is 54.0 Å². The minimum absolute atomic E-state index is 0.215. The van der Waals surface area contributed by atoms with Crippen LogP contribution in [0.3, 0.4) is 0 Å². The van der Waals surface area contributed by atoms with Crippen LogP contribution in [0.5, 0.6) is 0 Å². The Morgan fingerprint density at radius 1 is 1.30 bits per heavy atom. The van der Waals surface area contributed by atoms with Crippen LogP contribution in [0, 0.1) is 6.92 Å². The van der Waals surface area contributed by atoms with Crippen LogP contribution in [-0.2, 0) is 0 Å². The third-order valence-electron chi connectivity index (χ3n) is 6.20. The topological polar surface area (TPSA) is 99.1 Å². The van der Waals surface area contributed by atoms with Gasteiger partial charge in [-0.25, -0.2) is 4.98 Å². The molecule has 1 saturated heterocycles. The van der Waals surface area contributed by atoms with Gasteiger partial charge in [-0.3, -0.25) is 4.79 Å². The summed E-state index contributed by atoms with van der Waals surface area (Å²) in [5.74, 6) is 0.648. The van der Waals surface area contributed by atoms with Gasteiger partial charge in [-0.1, -0.05) is 23.7 Å². The fourth-order valence-electron chi connectivity index (χ4n) is 4.19. The standard InChI is InChI=1S/C25H31ClN6O/c1-16-14-29-24(30-20-6-8-32(2)9-7-20)12-21(16)18-11-22(28-15-18)25(33)31-23(13-27)17-4-3-5-19(26)10-17/h3-5,10-12,14-15,20,23,28H,6-9,13,27H2,1-2H3,(H,29,30)(H,31,33)/t23-/m1/s1. The number of nitrogens with one attached hydrogen (secondary N) is 3. The molecule has 3 heterocycles. The van der Waals surface area contributed by atoms with Crippen molar-refractivity contribution in [3.05, 3.63) is 70.6 Å². The number of piperidine rings is 1. The summed E-state index contributed by atoms with van der Waals surface area (Å²) in [7, 11) is 2.16. The van der Waals surface area contributed by atoms with E-state index < -0.39 is 0 Å². The maximum atomic E-state index is 12.9. The zero-order chi connectivity index (χ0) is 23.4.